The van der Waals surface area contributed by atoms with Crippen molar-refractivity contribution < 1.29 is 9.59 Å². The fraction of sp³-hybridized carbons (Fsp3) is 0.400. The summed E-state index contributed by atoms with van der Waals surface area (Å²) in [5.74, 6) is 0.205. The minimum atomic E-state index is -0.538. The van der Waals surface area contributed by atoms with E-state index in [-0.39, 0.29) is 11.6 Å². The Kier molecular flexibility index (Phi) is 5.22. The van der Waals surface area contributed by atoms with Crippen molar-refractivity contribution >= 4 is 54.5 Å². The molecule has 0 fully saturated rings. The lowest BCUT2D eigenvalue weighted by atomic mass is 9.80. The molecule has 31 heavy (non-hydrogen) atoms. The predicted molar refractivity (Wildman–Crippen MR) is 131 cm³/mol. The van der Waals surface area contributed by atoms with Crippen molar-refractivity contribution in [1.29, 1.82) is 0 Å². The molecule has 3 heterocycles. The SMILES string of the molecule is Cc1csc2sc(C(=O)C(C)(C)Cc3ccc4c(C(=O)C(C)(C)C)n[nH]c4c3)c(C)c12. The van der Waals surface area contributed by atoms with Crippen LogP contribution >= 0.6 is 22.7 Å². The van der Waals surface area contributed by atoms with Crippen molar-refractivity contribution in [2.45, 2.75) is 54.9 Å². The number of Topliss-reactive ketones (excluding diaryl/α,β-unsaturated/α-hetero) is 2. The van der Waals surface area contributed by atoms with E-state index in [0.29, 0.717) is 12.1 Å². The molecule has 6 heteroatoms. The number of rotatable bonds is 5. The highest BCUT2D eigenvalue weighted by atomic mass is 32.2. The number of aromatic amines is 1. The average Bonchev–Trinajstić information content (AvgIpc) is 3.35. The lowest BCUT2D eigenvalue weighted by Gasteiger charge is -2.23. The summed E-state index contributed by atoms with van der Waals surface area (Å²) >= 11 is 3.33. The van der Waals surface area contributed by atoms with Gasteiger partial charge in [-0.15, -0.1) is 22.7 Å². The number of carbonyl (C=O) groups excluding carboxylic acids is 2. The molecule has 0 atom stereocenters. The van der Waals surface area contributed by atoms with E-state index < -0.39 is 10.8 Å². The highest BCUT2D eigenvalue weighted by molar-refractivity contribution is 7.38. The fourth-order valence-electron chi connectivity index (χ4n) is 4.05. The van der Waals surface area contributed by atoms with Gasteiger partial charge in [0.1, 0.15) is 5.69 Å². The quantitative estimate of drug-likeness (QED) is 0.327. The van der Waals surface area contributed by atoms with E-state index in [1.165, 1.54) is 15.0 Å². The topological polar surface area (TPSA) is 62.8 Å². The minimum Gasteiger partial charge on any atom is -0.293 e. The number of H-pyrrole nitrogens is 1. The van der Waals surface area contributed by atoms with Crippen LogP contribution in [0.3, 0.4) is 0 Å². The highest BCUT2D eigenvalue weighted by Crippen LogP contribution is 2.41. The van der Waals surface area contributed by atoms with Crippen LogP contribution in [-0.2, 0) is 6.42 Å². The van der Waals surface area contributed by atoms with Gasteiger partial charge in [0, 0.05) is 21.6 Å². The molecule has 4 rings (SSSR count). The Hall–Kier alpha value is -2.31. The van der Waals surface area contributed by atoms with Gasteiger partial charge in [-0.25, -0.2) is 0 Å². The molecule has 0 bridgehead atoms. The Morgan fingerprint density at radius 3 is 2.42 bits per heavy atom. The molecular weight excluding hydrogens is 424 g/mol. The Bertz CT molecular complexity index is 1330. The van der Waals surface area contributed by atoms with Crippen LogP contribution in [0.4, 0.5) is 0 Å². The number of thiophene rings is 2. The summed E-state index contributed by atoms with van der Waals surface area (Å²) < 4.78 is 1.23. The minimum absolute atomic E-state index is 0.0189. The van der Waals surface area contributed by atoms with Gasteiger partial charge in [-0.05, 0) is 48.4 Å². The van der Waals surface area contributed by atoms with Crippen LogP contribution < -0.4 is 0 Å². The molecular formula is C25H28N2O2S2. The van der Waals surface area contributed by atoms with E-state index in [2.05, 4.69) is 29.4 Å². The van der Waals surface area contributed by atoms with E-state index in [4.69, 9.17) is 0 Å². The molecule has 0 amide bonds. The largest absolute Gasteiger partial charge is 0.293 e. The van der Waals surface area contributed by atoms with Crippen LogP contribution in [0.25, 0.3) is 20.3 Å². The van der Waals surface area contributed by atoms with Crippen LogP contribution in [0.2, 0.25) is 0 Å². The van der Waals surface area contributed by atoms with Gasteiger partial charge >= 0.3 is 0 Å². The van der Waals surface area contributed by atoms with Gasteiger partial charge in [0.05, 0.1) is 14.4 Å². The molecule has 3 aromatic heterocycles. The Labute approximate surface area is 190 Å². The van der Waals surface area contributed by atoms with Crippen molar-refractivity contribution in [2.24, 2.45) is 10.8 Å². The van der Waals surface area contributed by atoms with E-state index >= 15 is 0 Å². The Morgan fingerprint density at radius 1 is 1.06 bits per heavy atom. The van der Waals surface area contributed by atoms with Crippen LogP contribution in [0.5, 0.6) is 0 Å². The number of aromatic nitrogens is 2. The number of hydrogen-bond acceptors (Lipinski definition) is 5. The summed E-state index contributed by atoms with van der Waals surface area (Å²) in [4.78, 5) is 27.0. The first-order valence-electron chi connectivity index (χ1n) is 10.4. The van der Waals surface area contributed by atoms with E-state index in [1.54, 1.807) is 22.7 Å². The molecule has 1 N–H and O–H groups in total. The molecule has 0 saturated heterocycles. The third kappa shape index (κ3) is 3.76. The van der Waals surface area contributed by atoms with Crippen molar-refractivity contribution in [1.82, 2.24) is 10.2 Å². The summed E-state index contributed by atoms with van der Waals surface area (Å²) in [6, 6.07) is 5.97. The van der Waals surface area contributed by atoms with Crippen molar-refractivity contribution in [3.63, 3.8) is 0 Å². The fourth-order valence-corrected chi connectivity index (χ4v) is 6.69. The molecule has 0 saturated carbocycles. The highest BCUT2D eigenvalue weighted by Gasteiger charge is 2.33. The first kappa shape index (κ1) is 21.9. The molecule has 4 nitrogen and oxygen atoms in total. The first-order chi connectivity index (χ1) is 14.4. The summed E-state index contributed by atoms with van der Waals surface area (Å²) in [6.45, 7) is 13.9. The van der Waals surface area contributed by atoms with Crippen LogP contribution in [0.15, 0.2) is 23.6 Å². The normalized spacial score (nSPS) is 12.7. The number of aryl methyl sites for hydroxylation is 2. The summed E-state index contributed by atoms with van der Waals surface area (Å²) in [7, 11) is 0. The molecule has 1 aromatic carbocycles. The second-order valence-electron chi connectivity index (χ2n) is 10.1. The van der Waals surface area contributed by atoms with Gasteiger partial charge in [-0.1, -0.05) is 46.8 Å². The molecule has 162 valence electrons. The lowest BCUT2D eigenvalue weighted by molar-refractivity contribution is 0.0839. The third-order valence-electron chi connectivity index (χ3n) is 5.84. The monoisotopic (exact) mass is 452 g/mol. The standard InChI is InChI=1S/C25H28N2O2S2/c1-13-12-30-23-18(13)14(2)20(31-23)22(29)25(6,7)11-15-8-9-16-17(10-15)26-27-19(16)21(28)24(3,4)5/h8-10,12H,11H2,1-7H3,(H,26,27). The molecule has 0 radical (unpaired) electrons. The number of nitrogens with zero attached hydrogens (tertiary/aromatic N) is 1. The Balaban J connectivity index is 1.63. The van der Waals surface area contributed by atoms with Crippen LogP contribution in [0, 0.1) is 24.7 Å². The average molecular weight is 453 g/mol. The lowest BCUT2D eigenvalue weighted by Crippen LogP contribution is -2.26. The second-order valence-corrected chi connectivity index (χ2v) is 12.2. The Morgan fingerprint density at radius 2 is 1.77 bits per heavy atom. The maximum atomic E-state index is 13.5. The maximum absolute atomic E-state index is 13.5. The van der Waals surface area contributed by atoms with Gasteiger partial charge in [0.2, 0.25) is 0 Å². The summed E-state index contributed by atoms with van der Waals surface area (Å²) in [6.07, 6.45) is 0.618. The van der Waals surface area contributed by atoms with Crippen molar-refractivity contribution in [3.05, 3.63) is 50.8 Å². The zero-order chi connectivity index (χ0) is 22.7. The zero-order valence-corrected chi connectivity index (χ0v) is 20.7. The summed E-state index contributed by atoms with van der Waals surface area (Å²) in [5.41, 5.74) is 3.69. The second kappa shape index (κ2) is 7.38. The number of fused-ring (bicyclic) bond motifs is 2. The van der Waals surface area contributed by atoms with E-state index in [0.717, 1.165) is 26.9 Å². The molecule has 0 unspecified atom stereocenters. The molecule has 0 aliphatic rings. The summed E-state index contributed by atoms with van der Waals surface area (Å²) in [5, 5.41) is 11.5. The van der Waals surface area contributed by atoms with Crippen molar-refractivity contribution in [2.75, 3.05) is 0 Å². The number of nitrogens with one attached hydrogen (secondary N) is 1. The third-order valence-corrected chi connectivity index (χ3v) is 8.36. The predicted octanol–water partition coefficient (Wildman–Crippen LogP) is 7.14. The van der Waals surface area contributed by atoms with Gasteiger partial charge in [0.15, 0.2) is 11.6 Å². The van der Waals surface area contributed by atoms with Gasteiger partial charge < -0.3 is 0 Å². The number of hydrogen-bond donors (Lipinski definition) is 1. The molecule has 4 aromatic rings. The van der Waals surface area contributed by atoms with Gasteiger partial charge in [-0.2, -0.15) is 5.10 Å². The number of carbonyl (C=O) groups is 2. The van der Waals surface area contributed by atoms with Crippen LogP contribution in [-0.4, -0.2) is 21.8 Å². The zero-order valence-electron chi connectivity index (χ0n) is 19.1. The van der Waals surface area contributed by atoms with Gasteiger partial charge in [-0.3, -0.25) is 14.7 Å². The maximum Gasteiger partial charge on any atom is 0.188 e. The van der Waals surface area contributed by atoms with Gasteiger partial charge in [0.25, 0.3) is 0 Å². The van der Waals surface area contributed by atoms with Crippen molar-refractivity contribution in [3.8, 4) is 0 Å². The molecule has 0 aliphatic heterocycles. The van der Waals surface area contributed by atoms with E-state index in [9.17, 15) is 9.59 Å². The molecule has 0 spiro atoms. The number of benzene rings is 1. The molecule has 0 aliphatic carbocycles. The number of ketones is 2. The smallest absolute Gasteiger partial charge is 0.188 e. The first-order valence-corrected chi connectivity index (χ1v) is 12.1. The van der Waals surface area contributed by atoms with E-state index in [1.807, 2.05) is 52.8 Å². The van der Waals surface area contributed by atoms with Crippen LogP contribution in [0.1, 0.15) is 71.5 Å².